The first-order valence-corrected chi connectivity index (χ1v) is 11.4. The minimum Gasteiger partial charge on any atom is -0.507 e. The van der Waals surface area contributed by atoms with E-state index < -0.39 is 5.91 Å². The summed E-state index contributed by atoms with van der Waals surface area (Å²) in [6, 6.07) is 3.27. The van der Waals surface area contributed by atoms with Crippen LogP contribution in [-0.4, -0.2) is 65.0 Å². The molecule has 34 heavy (non-hydrogen) atoms. The van der Waals surface area contributed by atoms with Gasteiger partial charge in [-0.25, -0.2) is 4.98 Å². The molecule has 0 bridgehead atoms. The van der Waals surface area contributed by atoms with Crippen molar-refractivity contribution in [2.24, 2.45) is 0 Å². The van der Waals surface area contributed by atoms with Crippen LogP contribution in [0.2, 0.25) is 0 Å². The summed E-state index contributed by atoms with van der Waals surface area (Å²) in [5, 5.41) is 19.9. The van der Waals surface area contributed by atoms with Gasteiger partial charge in [-0.3, -0.25) is 24.6 Å². The zero-order valence-electron chi connectivity index (χ0n) is 20.1. The van der Waals surface area contributed by atoms with Crippen LogP contribution in [0.3, 0.4) is 0 Å². The van der Waals surface area contributed by atoms with Gasteiger partial charge in [-0.05, 0) is 33.8 Å². The second kappa shape index (κ2) is 13.1. The summed E-state index contributed by atoms with van der Waals surface area (Å²) in [7, 11) is 1.38. The molecule has 3 amide bonds. The number of ether oxygens (including phenoxy) is 1. The fourth-order valence-corrected chi connectivity index (χ4v) is 3.99. The first-order valence-electron chi connectivity index (χ1n) is 10.5. The molecule has 0 aliphatic heterocycles. The van der Waals surface area contributed by atoms with Gasteiger partial charge in [-0.2, -0.15) is 0 Å². The molecular weight excluding hydrogens is 482 g/mol. The van der Waals surface area contributed by atoms with Crippen molar-refractivity contribution in [2.45, 2.75) is 46.7 Å². The van der Waals surface area contributed by atoms with E-state index in [1.807, 2.05) is 0 Å². The molecule has 0 saturated heterocycles. The van der Waals surface area contributed by atoms with Crippen LogP contribution in [0, 0.1) is 0 Å². The highest BCUT2D eigenvalue weighted by atomic mass is 35.5. The van der Waals surface area contributed by atoms with Crippen molar-refractivity contribution in [3.63, 3.8) is 0 Å². The quantitative estimate of drug-likeness (QED) is 0.358. The number of hydrogen-bond acceptors (Lipinski definition) is 8. The van der Waals surface area contributed by atoms with Crippen molar-refractivity contribution in [3.8, 4) is 11.5 Å². The highest BCUT2D eigenvalue weighted by Gasteiger charge is 2.19. The second-order valence-electron chi connectivity index (χ2n) is 7.92. The maximum Gasteiger partial charge on any atom is 0.270 e. The Kier molecular flexibility index (Phi) is 11.2. The molecule has 0 aliphatic carbocycles. The Morgan fingerprint density at radius 1 is 1.12 bits per heavy atom. The third kappa shape index (κ3) is 7.86. The number of methoxy groups -OCH3 is 1. The largest absolute Gasteiger partial charge is 0.507 e. The summed E-state index contributed by atoms with van der Waals surface area (Å²) >= 11 is 1.09. The Bertz CT molecular complexity index is 1000. The lowest BCUT2D eigenvalue weighted by Crippen LogP contribution is -2.42. The fourth-order valence-electron chi connectivity index (χ4n) is 3.31. The molecule has 1 aromatic heterocycles. The van der Waals surface area contributed by atoms with Crippen LogP contribution in [0.15, 0.2) is 17.5 Å². The van der Waals surface area contributed by atoms with E-state index in [4.69, 9.17) is 4.74 Å². The summed E-state index contributed by atoms with van der Waals surface area (Å²) in [5.74, 6) is -1.45. The number of phenols is 1. The number of amides is 3. The Balaban J connectivity index is 0.00000578. The molecule has 0 atom stereocenters. The van der Waals surface area contributed by atoms with Gasteiger partial charge in [-0.15, -0.1) is 23.7 Å². The van der Waals surface area contributed by atoms with E-state index in [-0.39, 0.29) is 57.8 Å². The van der Waals surface area contributed by atoms with E-state index in [0.717, 1.165) is 11.3 Å². The Morgan fingerprint density at radius 2 is 1.76 bits per heavy atom. The zero-order chi connectivity index (χ0) is 24.7. The van der Waals surface area contributed by atoms with Crippen molar-refractivity contribution in [1.29, 1.82) is 0 Å². The third-order valence-corrected chi connectivity index (χ3v) is 5.57. The number of rotatable bonds is 10. The average Bonchev–Trinajstić information content (AvgIpc) is 3.19. The minimum absolute atomic E-state index is 0. The van der Waals surface area contributed by atoms with E-state index >= 15 is 0 Å². The normalized spacial score (nSPS) is 10.7. The van der Waals surface area contributed by atoms with Crippen molar-refractivity contribution >= 4 is 52.3 Å². The molecule has 0 saturated carbocycles. The van der Waals surface area contributed by atoms with Gasteiger partial charge in [0.05, 0.1) is 18.4 Å². The van der Waals surface area contributed by atoms with Gasteiger partial charge in [0.1, 0.15) is 17.2 Å². The van der Waals surface area contributed by atoms with Crippen molar-refractivity contribution in [3.05, 3.63) is 28.8 Å². The number of hydrogen-bond donors (Lipinski definition) is 4. The molecule has 2 rings (SSSR count). The van der Waals surface area contributed by atoms with Gasteiger partial charge in [0.25, 0.3) is 11.8 Å². The van der Waals surface area contributed by atoms with E-state index in [2.05, 4.69) is 53.5 Å². The predicted octanol–water partition coefficient (Wildman–Crippen LogP) is 3.34. The van der Waals surface area contributed by atoms with Crippen LogP contribution in [0.4, 0.5) is 10.8 Å². The van der Waals surface area contributed by atoms with Gasteiger partial charge in [0, 0.05) is 43.5 Å². The molecule has 0 radical (unpaired) electrons. The Hall–Kier alpha value is -2.89. The molecular formula is C22H32ClN5O5S. The van der Waals surface area contributed by atoms with Gasteiger partial charge >= 0.3 is 0 Å². The van der Waals surface area contributed by atoms with Gasteiger partial charge < -0.3 is 20.5 Å². The van der Waals surface area contributed by atoms with Crippen LogP contribution in [0.25, 0.3) is 0 Å². The van der Waals surface area contributed by atoms with Gasteiger partial charge in [-0.1, -0.05) is 0 Å². The van der Waals surface area contributed by atoms with E-state index in [1.54, 1.807) is 5.38 Å². The smallest absolute Gasteiger partial charge is 0.270 e. The number of carbonyl (C=O) groups is 3. The highest BCUT2D eigenvalue weighted by Crippen LogP contribution is 2.33. The first-order chi connectivity index (χ1) is 15.5. The third-order valence-electron chi connectivity index (χ3n) is 4.81. The van der Waals surface area contributed by atoms with Crippen LogP contribution >= 0.6 is 23.7 Å². The lowest BCUT2D eigenvalue weighted by molar-refractivity contribution is -0.114. The number of halogens is 1. The summed E-state index contributed by atoms with van der Waals surface area (Å²) in [4.78, 5) is 42.9. The zero-order valence-corrected chi connectivity index (χ0v) is 21.7. The number of benzene rings is 1. The Morgan fingerprint density at radius 3 is 2.32 bits per heavy atom. The molecule has 2 aromatic rings. The van der Waals surface area contributed by atoms with Gasteiger partial charge in [0.2, 0.25) is 5.91 Å². The SMILES string of the molecule is COc1cc(O)c(C(=O)Nc2nc(C(=O)NCCN(C(C)C)C(C)C)cs2)cc1NC(C)=O.Cl. The van der Waals surface area contributed by atoms with E-state index in [0.29, 0.717) is 25.2 Å². The van der Waals surface area contributed by atoms with Crippen LogP contribution < -0.4 is 20.7 Å². The number of aromatic nitrogens is 1. The lowest BCUT2D eigenvalue weighted by Gasteiger charge is -2.30. The molecule has 12 heteroatoms. The number of thiazole rings is 1. The van der Waals surface area contributed by atoms with E-state index in [1.165, 1.54) is 26.2 Å². The van der Waals surface area contributed by atoms with Crippen molar-refractivity contribution in [2.75, 3.05) is 30.8 Å². The summed E-state index contributed by atoms with van der Waals surface area (Å²) in [5.41, 5.74) is 0.348. The summed E-state index contributed by atoms with van der Waals surface area (Å²) < 4.78 is 5.12. The average molecular weight is 514 g/mol. The van der Waals surface area contributed by atoms with Crippen molar-refractivity contribution in [1.82, 2.24) is 15.2 Å². The number of aromatic hydroxyl groups is 1. The van der Waals surface area contributed by atoms with Crippen molar-refractivity contribution < 1.29 is 24.2 Å². The number of phenolic OH excluding ortho intramolecular Hbond substituents is 1. The molecule has 10 nitrogen and oxygen atoms in total. The number of anilines is 2. The molecule has 0 spiro atoms. The lowest BCUT2D eigenvalue weighted by atomic mass is 10.1. The van der Waals surface area contributed by atoms with Crippen LogP contribution in [0.1, 0.15) is 55.5 Å². The molecule has 0 fully saturated rings. The topological polar surface area (TPSA) is 133 Å². The minimum atomic E-state index is -0.646. The standard InChI is InChI=1S/C22H31N5O5S.ClH/c1-12(2)27(13(3)4)8-7-23-21(31)17-11-33-22(25-17)26-20(30)15-9-16(24-14(5)28)19(32-6)10-18(15)29;/h9-13,29H,7-8H2,1-6H3,(H,23,31)(H,24,28)(H,25,26,30);1H. The molecule has 188 valence electrons. The summed E-state index contributed by atoms with van der Waals surface area (Å²) in [6.45, 7) is 10.9. The highest BCUT2D eigenvalue weighted by molar-refractivity contribution is 7.14. The van der Waals surface area contributed by atoms with Crippen LogP contribution in [0.5, 0.6) is 11.5 Å². The molecule has 4 N–H and O–H groups in total. The molecule has 0 aliphatic rings. The Labute approximate surface area is 209 Å². The molecule has 1 aromatic carbocycles. The maximum absolute atomic E-state index is 12.7. The molecule has 1 heterocycles. The summed E-state index contributed by atoms with van der Waals surface area (Å²) in [6.07, 6.45) is 0. The second-order valence-corrected chi connectivity index (χ2v) is 8.78. The number of carbonyl (C=O) groups excluding carboxylic acids is 3. The van der Waals surface area contributed by atoms with Crippen LogP contribution in [-0.2, 0) is 4.79 Å². The number of nitrogens with zero attached hydrogens (tertiary/aromatic N) is 2. The molecule has 0 unspecified atom stereocenters. The number of nitrogens with one attached hydrogen (secondary N) is 3. The predicted molar refractivity (Wildman–Crippen MR) is 136 cm³/mol. The first kappa shape index (κ1) is 29.1. The van der Waals surface area contributed by atoms with E-state index in [9.17, 15) is 19.5 Å². The monoisotopic (exact) mass is 513 g/mol. The fraction of sp³-hybridized carbons (Fsp3) is 0.455. The van der Waals surface area contributed by atoms with Gasteiger partial charge in [0.15, 0.2) is 5.13 Å². The maximum atomic E-state index is 12.7.